The molecule has 5 heteroatoms. The number of hydrogen-bond donors (Lipinski definition) is 0. The monoisotopic (exact) mass is 409 g/mol. The minimum atomic E-state index is 0.954. The van der Waals surface area contributed by atoms with Gasteiger partial charge < -0.3 is 9.80 Å². The Morgan fingerprint density at radius 1 is 1.18 bits per heavy atom. The van der Waals surface area contributed by atoms with Gasteiger partial charge in [-0.3, -0.25) is 0 Å². The molecule has 146 valence electrons. The Labute approximate surface area is 176 Å². The summed E-state index contributed by atoms with van der Waals surface area (Å²) < 4.78 is 0. The molecule has 0 atom stereocenters. The summed E-state index contributed by atoms with van der Waals surface area (Å²) >= 11 is 3.63. The number of rotatable bonds is 6. The lowest BCUT2D eigenvalue weighted by Gasteiger charge is -2.29. The van der Waals surface area contributed by atoms with Crippen LogP contribution in [0.3, 0.4) is 0 Å². The summed E-state index contributed by atoms with van der Waals surface area (Å²) in [6.07, 6.45) is 6.24. The van der Waals surface area contributed by atoms with E-state index in [1.807, 2.05) is 11.3 Å². The van der Waals surface area contributed by atoms with Gasteiger partial charge in [0.15, 0.2) is 5.13 Å². The van der Waals surface area contributed by atoms with E-state index in [0.29, 0.717) is 0 Å². The predicted molar refractivity (Wildman–Crippen MR) is 123 cm³/mol. The van der Waals surface area contributed by atoms with Crippen molar-refractivity contribution in [3.05, 3.63) is 70.2 Å². The Hall–Kier alpha value is -1.98. The number of aromatic nitrogens is 1. The summed E-state index contributed by atoms with van der Waals surface area (Å²) in [6, 6.07) is 15.7. The first kappa shape index (κ1) is 19.3. The molecule has 0 bridgehead atoms. The fourth-order valence-corrected chi connectivity index (χ4v) is 5.09. The van der Waals surface area contributed by atoms with Crippen LogP contribution in [0.5, 0.6) is 0 Å². The third-order valence-electron chi connectivity index (χ3n) is 5.44. The second-order valence-electron chi connectivity index (χ2n) is 7.28. The third-order valence-corrected chi connectivity index (χ3v) is 7.23. The number of hydrogen-bond acceptors (Lipinski definition) is 5. The van der Waals surface area contributed by atoms with E-state index in [4.69, 9.17) is 4.98 Å². The maximum atomic E-state index is 4.75. The van der Waals surface area contributed by atoms with E-state index in [2.05, 4.69) is 78.7 Å². The smallest absolute Gasteiger partial charge is 0.185 e. The van der Waals surface area contributed by atoms with Crippen molar-refractivity contribution >= 4 is 33.9 Å². The molecule has 2 heterocycles. The van der Waals surface area contributed by atoms with Gasteiger partial charge in [-0.25, -0.2) is 4.98 Å². The predicted octanol–water partition coefficient (Wildman–Crippen LogP) is 5.47. The number of benzene rings is 2. The van der Waals surface area contributed by atoms with Crippen LogP contribution in [0.25, 0.3) is 0 Å². The van der Waals surface area contributed by atoms with Gasteiger partial charge in [0.2, 0.25) is 0 Å². The standard InChI is InChI=1S/C23H27N3S2/c1-4-25(2)20-9-8-18-10-11-26(16-19(18)14-20)23-24-15-22(28-23)13-17-6-5-7-21(12-17)27-3/h5-9,12,14-15H,4,10-11,13,16H2,1-3H3. The Morgan fingerprint density at radius 2 is 2.07 bits per heavy atom. The normalized spacial score (nSPS) is 13.5. The number of anilines is 2. The summed E-state index contributed by atoms with van der Waals surface area (Å²) in [5, 5.41) is 1.15. The molecule has 0 N–H and O–H groups in total. The van der Waals surface area contributed by atoms with Crippen LogP contribution in [0.2, 0.25) is 0 Å². The highest BCUT2D eigenvalue weighted by Gasteiger charge is 2.20. The molecule has 28 heavy (non-hydrogen) atoms. The fourth-order valence-electron chi connectivity index (χ4n) is 3.64. The quantitative estimate of drug-likeness (QED) is 0.502. The van der Waals surface area contributed by atoms with E-state index < -0.39 is 0 Å². The molecule has 0 amide bonds. The van der Waals surface area contributed by atoms with E-state index in [1.54, 1.807) is 11.8 Å². The van der Waals surface area contributed by atoms with Gasteiger partial charge in [-0.2, -0.15) is 0 Å². The fraction of sp³-hybridized carbons (Fsp3) is 0.348. The van der Waals surface area contributed by atoms with Gasteiger partial charge in [0, 0.05) is 54.8 Å². The van der Waals surface area contributed by atoms with Crippen molar-refractivity contribution in [1.82, 2.24) is 4.98 Å². The Bertz CT molecular complexity index is 951. The molecular weight excluding hydrogens is 382 g/mol. The molecule has 0 radical (unpaired) electrons. The van der Waals surface area contributed by atoms with Crippen LogP contribution >= 0.6 is 23.1 Å². The molecular formula is C23H27N3S2. The van der Waals surface area contributed by atoms with Crippen LogP contribution < -0.4 is 9.80 Å². The molecule has 0 saturated carbocycles. The van der Waals surface area contributed by atoms with Crippen LogP contribution in [0, 0.1) is 0 Å². The van der Waals surface area contributed by atoms with E-state index in [1.165, 1.54) is 32.2 Å². The van der Waals surface area contributed by atoms with Crippen LogP contribution in [0.4, 0.5) is 10.8 Å². The second kappa shape index (κ2) is 8.58. The minimum absolute atomic E-state index is 0.954. The second-order valence-corrected chi connectivity index (χ2v) is 9.25. The van der Waals surface area contributed by atoms with Crippen molar-refractivity contribution in [2.75, 3.05) is 36.2 Å². The zero-order chi connectivity index (χ0) is 19.5. The first-order valence-electron chi connectivity index (χ1n) is 9.81. The van der Waals surface area contributed by atoms with Gasteiger partial charge in [0.05, 0.1) is 0 Å². The molecule has 0 spiro atoms. The molecule has 0 saturated heterocycles. The lowest BCUT2D eigenvalue weighted by Crippen LogP contribution is -2.30. The summed E-state index contributed by atoms with van der Waals surface area (Å²) in [7, 11) is 2.15. The summed E-state index contributed by atoms with van der Waals surface area (Å²) in [5.74, 6) is 0. The lowest BCUT2D eigenvalue weighted by molar-refractivity contribution is 0.728. The molecule has 3 aromatic rings. The minimum Gasteiger partial charge on any atom is -0.375 e. The highest BCUT2D eigenvalue weighted by Crippen LogP contribution is 2.31. The molecule has 2 aromatic carbocycles. The zero-order valence-corrected chi connectivity index (χ0v) is 18.4. The average Bonchev–Trinajstić information content (AvgIpc) is 3.21. The van der Waals surface area contributed by atoms with Crippen LogP contribution in [0.1, 0.15) is 28.5 Å². The highest BCUT2D eigenvalue weighted by molar-refractivity contribution is 7.98. The molecule has 4 rings (SSSR count). The van der Waals surface area contributed by atoms with E-state index in [9.17, 15) is 0 Å². The van der Waals surface area contributed by atoms with Gasteiger partial charge in [-0.05, 0) is 60.6 Å². The Kier molecular flexibility index (Phi) is 5.93. The van der Waals surface area contributed by atoms with Crippen molar-refractivity contribution in [3.63, 3.8) is 0 Å². The molecule has 1 aliphatic heterocycles. The molecule has 3 nitrogen and oxygen atoms in total. The average molecular weight is 410 g/mol. The van der Waals surface area contributed by atoms with E-state index >= 15 is 0 Å². The summed E-state index contributed by atoms with van der Waals surface area (Å²) in [5.41, 5.74) is 5.58. The van der Waals surface area contributed by atoms with Crippen LogP contribution in [0.15, 0.2) is 53.6 Å². The van der Waals surface area contributed by atoms with Crippen molar-refractivity contribution in [1.29, 1.82) is 0 Å². The van der Waals surface area contributed by atoms with Crippen molar-refractivity contribution in [3.8, 4) is 0 Å². The van der Waals surface area contributed by atoms with Crippen molar-refractivity contribution in [2.24, 2.45) is 0 Å². The highest BCUT2D eigenvalue weighted by atomic mass is 32.2. The molecule has 0 fully saturated rings. The van der Waals surface area contributed by atoms with E-state index in [-0.39, 0.29) is 0 Å². The first-order valence-corrected chi connectivity index (χ1v) is 11.9. The number of nitrogens with zero attached hydrogens (tertiary/aromatic N) is 3. The van der Waals surface area contributed by atoms with Crippen LogP contribution in [-0.2, 0) is 19.4 Å². The molecule has 0 unspecified atom stereocenters. The number of thioether (sulfide) groups is 1. The first-order chi connectivity index (χ1) is 13.7. The molecule has 0 aliphatic carbocycles. The maximum Gasteiger partial charge on any atom is 0.185 e. The van der Waals surface area contributed by atoms with Crippen LogP contribution in [-0.4, -0.2) is 31.4 Å². The van der Waals surface area contributed by atoms with Crippen molar-refractivity contribution in [2.45, 2.75) is 31.2 Å². The van der Waals surface area contributed by atoms with Gasteiger partial charge >= 0.3 is 0 Å². The van der Waals surface area contributed by atoms with Gasteiger partial charge in [-0.1, -0.05) is 18.2 Å². The van der Waals surface area contributed by atoms with E-state index in [0.717, 1.165) is 37.6 Å². The van der Waals surface area contributed by atoms with Gasteiger partial charge in [-0.15, -0.1) is 23.1 Å². The topological polar surface area (TPSA) is 19.4 Å². The van der Waals surface area contributed by atoms with Gasteiger partial charge in [0.25, 0.3) is 0 Å². The SMILES string of the molecule is CCN(C)c1ccc2c(c1)CN(c1ncc(Cc3cccc(SC)c3)s1)CC2. The summed E-state index contributed by atoms with van der Waals surface area (Å²) in [6.45, 7) is 5.22. The Balaban J connectivity index is 1.49. The number of fused-ring (bicyclic) bond motifs is 1. The summed E-state index contributed by atoms with van der Waals surface area (Å²) in [4.78, 5) is 12.1. The lowest BCUT2D eigenvalue weighted by atomic mass is 9.99. The molecule has 1 aromatic heterocycles. The van der Waals surface area contributed by atoms with Crippen molar-refractivity contribution < 1.29 is 0 Å². The zero-order valence-electron chi connectivity index (χ0n) is 16.8. The Morgan fingerprint density at radius 3 is 2.89 bits per heavy atom. The number of thiazole rings is 1. The largest absolute Gasteiger partial charge is 0.375 e. The van der Waals surface area contributed by atoms with Gasteiger partial charge in [0.1, 0.15) is 0 Å². The third kappa shape index (κ3) is 4.20. The maximum absolute atomic E-state index is 4.75. The molecule has 1 aliphatic rings.